The van der Waals surface area contributed by atoms with Gasteiger partial charge < -0.3 is 20.4 Å². The van der Waals surface area contributed by atoms with E-state index in [0.29, 0.717) is 68.0 Å². The van der Waals surface area contributed by atoms with Crippen LogP contribution < -0.4 is 10.6 Å². The zero-order chi connectivity index (χ0) is 42.3. The molecule has 4 aromatic rings. The lowest BCUT2D eigenvalue weighted by Crippen LogP contribution is -2.46. The SMILES string of the molecule is C#Cc1cc(CCN2CCN(Cc3ccc(C(=O)Nc4cc(Br)ccn4)cc3C(F)(F)F)CC2)nc(NC(=O)c2ccc(CN3CCN(CC)CC3)c(C(F)(F)F)c2)c1. The molecular weight excluding hydrogens is 842 g/mol. The molecule has 2 aliphatic heterocycles. The molecule has 2 aliphatic rings. The standard InChI is InChI=1S/C42H43BrF6N8O2/c1-3-28-21-34(51-38(22-28)53-40(59)30-6-8-31(36(24-30)42(47,48)49)26-56-17-13-54(4-2)14-18-56)10-12-55-15-19-57(20-16-55)27-32-7-5-29(23-35(32)41(44,45)46)39(58)52-37-25-33(43)9-11-50-37/h1,5-9,11,21-25H,4,10,12-20,26-27H2,2H3,(H,50,52,58)(H,51,53,59). The molecule has 6 rings (SSSR count). The molecule has 0 atom stereocenters. The molecule has 0 bridgehead atoms. The number of hydrogen-bond donors (Lipinski definition) is 2. The van der Waals surface area contributed by atoms with Crippen molar-refractivity contribution in [3.63, 3.8) is 0 Å². The molecule has 0 spiro atoms. The number of hydrogen-bond acceptors (Lipinski definition) is 8. The molecule has 312 valence electrons. The Hall–Kier alpha value is -4.86. The van der Waals surface area contributed by atoms with Crippen LogP contribution in [0, 0.1) is 12.3 Å². The van der Waals surface area contributed by atoms with E-state index >= 15 is 0 Å². The van der Waals surface area contributed by atoms with Gasteiger partial charge in [-0.2, -0.15) is 26.3 Å². The van der Waals surface area contributed by atoms with E-state index in [1.54, 1.807) is 12.1 Å². The van der Waals surface area contributed by atoms with Crippen molar-refractivity contribution in [1.82, 2.24) is 29.6 Å². The summed E-state index contributed by atoms with van der Waals surface area (Å²) in [7, 11) is 0. The minimum atomic E-state index is -4.68. The van der Waals surface area contributed by atoms with Gasteiger partial charge in [-0.1, -0.05) is 40.9 Å². The number of carbonyl (C=O) groups is 2. The second-order valence-corrected chi connectivity index (χ2v) is 15.4. The highest BCUT2D eigenvalue weighted by molar-refractivity contribution is 9.10. The van der Waals surface area contributed by atoms with Gasteiger partial charge in [0.2, 0.25) is 0 Å². The van der Waals surface area contributed by atoms with Crippen molar-refractivity contribution >= 4 is 39.4 Å². The first kappa shape index (κ1) is 43.7. The Morgan fingerprint density at radius 3 is 1.71 bits per heavy atom. The minimum Gasteiger partial charge on any atom is -0.307 e. The number of nitrogens with one attached hydrogen (secondary N) is 2. The van der Waals surface area contributed by atoms with Gasteiger partial charge >= 0.3 is 12.4 Å². The first-order valence-electron chi connectivity index (χ1n) is 19.1. The molecule has 0 radical (unpaired) electrons. The molecule has 2 N–H and O–H groups in total. The first-order valence-corrected chi connectivity index (χ1v) is 19.9. The van der Waals surface area contributed by atoms with E-state index in [4.69, 9.17) is 6.42 Å². The third-order valence-corrected chi connectivity index (χ3v) is 10.9. The second-order valence-electron chi connectivity index (χ2n) is 14.5. The Labute approximate surface area is 347 Å². The molecule has 4 heterocycles. The molecule has 2 aromatic carbocycles. The quantitative estimate of drug-likeness (QED) is 0.114. The van der Waals surface area contributed by atoms with Crippen molar-refractivity contribution in [2.75, 3.05) is 76.1 Å². The maximum atomic E-state index is 14.2. The number of alkyl halides is 6. The number of rotatable bonds is 12. The number of piperazine rings is 2. The fourth-order valence-corrected chi connectivity index (χ4v) is 7.48. The molecule has 2 aromatic heterocycles. The summed E-state index contributed by atoms with van der Waals surface area (Å²) in [5.74, 6) is 1.36. The van der Waals surface area contributed by atoms with Gasteiger partial charge in [-0.25, -0.2) is 9.97 Å². The number of carbonyl (C=O) groups excluding carboxylic acids is 2. The molecule has 0 aliphatic carbocycles. The summed E-state index contributed by atoms with van der Waals surface area (Å²) in [4.78, 5) is 42.8. The predicted octanol–water partition coefficient (Wildman–Crippen LogP) is 7.26. The van der Waals surface area contributed by atoms with E-state index in [9.17, 15) is 35.9 Å². The molecule has 10 nitrogen and oxygen atoms in total. The lowest BCUT2D eigenvalue weighted by atomic mass is 10.0. The monoisotopic (exact) mass is 884 g/mol. The van der Waals surface area contributed by atoms with Crippen LogP contribution in [-0.2, 0) is 31.9 Å². The minimum absolute atomic E-state index is 0.0378. The van der Waals surface area contributed by atoms with Gasteiger partial charge in [0.15, 0.2) is 0 Å². The van der Waals surface area contributed by atoms with Crippen molar-refractivity contribution in [3.8, 4) is 12.3 Å². The molecule has 2 amide bonds. The van der Waals surface area contributed by atoms with Crippen LogP contribution in [0.4, 0.5) is 38.0 Å². The Bertz CT molecular complexity index is 2180. The first-order chi connectivity index (χ1) is 28.1. The lowest BCUT2D eigenvalue weighted by Gasteiger charge is -2.35. The number of benzene rings is 2. The van der Waals surface area contributed by atoms with Crippen LogP contribution in [-0.4, -0.2) is 107 Å². The van der Waals surface area contributed by atoms with E-state index in [1.165, 1.54) is 42.6 Å². The number of likely N-dealkylation sites (N-methyl/N-ethyl adjacent to an activating group) is 1. The summed E-state index contributed by atoms with van der Waals surface area (Å²) >= 11 is 3.27. The van der Waals surface area contributed by atoms with Gasteiger partial charge in [0, 0.05) is 111 Å². The zero-order valence-corrected chi connectivity index (χ0v) is 33.9. The normalized spacial score (nSPS) is 16.1. The largest absolute Gasteiger partial charge is 0.416 e. The molecule has 0 saturated carbocycles. The number of pyridine rings is 2. The summed E-state index contributed by atoms with van der Waals surface area (Å²) < 4.78 is 85.8. The van der Waals surface area contributed by atoms with Crippen LogP contribution in [0.1, 0.15) is 61.2 Å². The summed E-state index contributed by atoms with van der Waals surface area (Å²) in [6.07, 6.45) is -1.77. The van der Waals surface area contributed by atoms with Crippen LogP contribution in [0.2, 0.25) is 0 Å². The van der Waals surface area contributed by atoms with Crippen molar-refractivity contribution in [2.24, 2.45) is 0 Å². The van der Waals surface area contributed by atoms with Crippen LogP contribution >= 0.6 is 15.9 Å². The summed E-state index contributed by atoms with van der Waals surface area (Å²) in [5.41, 5.74) is -0.904. The molecule has 0 unspecified atom stereocenters. The van der Waals surface area contributed by atoms with Gasteiger partial charge in [-0.3, -0.25) is 19.4 Å². The molecular formula is C42H43BrF6N8O2. The average Bonchev–Trinajstić information content (AvgIpc) is 3.20. The van der Waals surface area contributed by atoms with E-state index < -0.39 is 35.3 Å². The van der Waals surface area contributed by atoms with Gasteiger partial charge in [0.1, 0.15) is 11.6 Å². The molecule has 2 fully saturated rings. The number of amides is 2. The van der Waals surface area contributed by atoms with E-state index in [0.717, 1.165) is 31.8 Å². The van der Waals surface area contributed by atoms with Crippen LogP contribution in [0.3, 0.4) is 0 Å². The maximum absolute atomic E-state index is 14.2. The highest BCUT2D eigenvalue weighted by atomic mass is 79.9. The fourth-order valence-electron chi connectivity index (χ4n) is 7.14. The van der Waals surface area contributed by atoms with Gasteiger partial charge in [-0.15, -0.1) is 6.42 Å². The number of halogens is 7. The van der Waals surface area contributed by atoms with Crippen molar-refractivity contribution in [1.29, 1.82) is 0 Å². The van der Waals surface area contributed by atoms with Crippen molar-refractivity contribution in [3.05, 3.63) is 116 Å². The van der Waals surface area contributed by atoms with Crippen molar-refractivity contribution < 1.29 is 35.9 Å². The number of terminal acetylenes is 1. The van der Waals surface area contributed by atoms with Gasteiger partial charge in [-0.05, 0) is 66.2 Å². The van der Waals surface area contributed by atoms with Gasteiger partial charge in [0.25, 0.3) is 11.8 Å². The van der Waals surface area contributed by atoms with Crippen LogP contribution in [0.15, 0.2) is 71.3 Å². The Morgan fingerprint density at radius 2 is 1.22 bits per heavy atom. The Balaban J connectivity index is 1.04. The zero-order valence-electron chi connectivity index (χ0n) is 32.3. The summed E-state index contributed by atoms with van der Waals surface area (Å²) in [6, 6.07) is 13.5. The smallest absolute Gasteiger partial charge is 0.307 e. The second kappa shape index (κ2) is 19.0. The van der Waals surface area contributed by atoms with Crippen LogP contribution in [0.25, 0.3) is 0 Å². The Morgan fingerprint density at radius 1 is 0.712 bits per heavy atom. The molecule has 59 heavy (non-hydrogen) atoms. The maximum Gasteiger partial charge on any atom is 0.416 e. The van der Waals surface area contributed by atoms with E-state index in [1.807, 2.05) is 9.80 Å². The third kappa shape index (κ3) is 11.9. The van der Waals surface area contributed by atoms with Crippen molar-refractivity contribution in [2.45, 2.75) is 38.8 Å². The lowest BCUT2D eigenvalue weighted by molar-refractivity contribution is -0.139. The van der Waals surface area contributed by atoms with Gasteiger partial charge in [0.05, 0.1) is 11.1 Å². The predicted molar refractivity (Wildman–Crippen MR) is 216 cm³/mol. The Kier molecular flexibility index (Phi) is 14.1. The average molecular weight is 886 g/mol. The van der Waals surface area contributed by atoms with Crippen LogP contribution in [0.5, 0.6) is 0 Å². The highest BCUT2D eigenvalue weighted by Crippen LogP contribution is 2.35. The van der Waals surface area contributed by atoms with E-state index in [2.05, 4.69) is 59.2 Å². The molecule has 17 heteroatoms. The number of nitrogens with zero attached hydrogens (tertiary/aromatic N) is 6. The summed E-state index contributed by atoms with van der Waals surface area (Å²) in [6.45, 7) is 8.61. The fraction of sp³-hybridized carbons (Fsp3) is 0.381. The van der Waals surface area contributed by atoms with E-state index in [-0.39, 0.29) is 47.0 Å². The number of aromatic nitrogens is 2. The third-order valence-electron chi connectivity index (χ3n) is 10.5. The summed E-state index contributed by atoms with van der Waals surface area (Å²) in [5, 5.41) is 5.13. The highest BCUT2D eigenvalue weighted by Gasteiger charge is 2.36. The molecule has 2 saturated heterocycles. The topological polar surface area (TPSA) is 96.9 Å². The number of anilines is 2.